The Morgan fingerprint density at radius 1 is 1.37 bits per heavy atom. The summed E-state index contributed by atoms with van der Waals surface area (Å²) < 4.78 is 1.96. The molecule has 1 unspecified atom stereocenters. The van der Waals surface area contributed by atoms with Gasteiger partial charge in [-0.3, -0.25) is 0 Å². The largest absolute Gasteiger partial charge is 0.399 e. The van der Waals surface area contributed by atoms with E-state index in [1.165, 1.54) is 0 Å². The highest BCUT2D eigenvalue weighted by Crippen LogP contribution is 2.30. The molecule has 0 amide bonds. The predicted molar refractivity (Wildman–Crippen MR) is 76.8 cm³/mol. The second-order valence-corrected chi connectivity index (χ2v) is 4.59. The first-order chi connectivity index (χ1) is 9.10. The number of nitrogens with two attached hydrogens (primary N) is 1. The molecule has 2 aromatic rings. The zero-order valence-electron chi connectivity index (χ0n) is 10.9. The number of aliphatic hydroxyl groups is 2. The molecule has 1 atom stereocenters. The second-order valence-electron chi connectivity index (χ2n) is 4.59. The number of nitrogen functional groups attached to an aromatic ring is 1. The molecule has 19 heavy (non-hydrogen) atoms. The molecule has 0 saturated heterocycles. The number of nitrogens with zero attached hydrogens (tertiary/aromatic N) is 1. The average Bonchev–Trinajstić information content (AvgIpc) is 2.83. The van der Waals surface area contributed by atoms with Crippen molar-refractivity contribution >= 4 is 11.4 Å². The summed E-state index contributed by atoms with van der Waals surface area (Å²) in [4.78, 5) is 0. The molecule has 0 spiro atoms. The van der Waals surface area contributed by atoms with Crippen LogP contribution in [-0.2, 0) is 7.05 Å². The van der Waals surface area contributed by atoms with Crippen LogP contribution in [0.5, 0.6) is 0 Å². The quantitative estimate of drug-likeness (QED) is 0.606. The third kappa shape index (κ3) is 3.27. The van der Waals surface area contributed by atoms with E-state index >= 15 is 0 Å². The van der Waals surface area contributed by atoms with E-state index in [1.807, 2.05) is 42.2 Å². The molecular formula is C14H19N3O2. The van der Waals surface area contributed by atoms with Gasteiger partial charge in [-0.15, -0.1) is 0 Å². The number of anilines is 2. The van der Waals surface area contributed by atoms with E-state index in [-0.39, 0.29) is 6.61 Å². The smallest absolute Gasteiger partial charge is 0.0942 e. The van der Waals surface area contributed by atoms with E-state index in [9.17, 15) is 5.11 Å². The Kier molecular flexibility index (Phi) is 4.09. The number of aromatic nitrogens is 1. The van der Waals surface area contributed by atoms with Gasteiger partial charge in [0.1, 0.15) is 0 Å². The lowest BCUT2D eigenvalue weighted by molar-refractivity contribution is 0.105. The Balaban J connectivity index is 2.28. The molecule has 1 aromatic heterocycles. The summed E-state index contributed by atoms with van der Waals surface area (Å²) in [5.41, 5.74) is 9.43. The molecular weight excluding hydrogens is 242 g/mol. The van der Waals surface area contributed by atoms with E-state index in [1.54, 1.807) is 6.07 Å². The number of aryl methyl sites for hydroxylation is 1. The first-order valence-corrected chi connectivity index (χ1v) is 6.15. The lowest BCUT2D eigenvalue weighted by Gasteiger charge is -2.14. The fraction of sp³-hybridized carbons (Fsp3) is 0.286. The maximum absolute atomic E-state index is 9.40. The summed E-state index contributed by atoms with van der Waals surface area (Å²) >= 11 is 0. The van der Waals surface area contributed by atoms with Crippen molar-refractivity contribution in [3.63, 3.8) is 0 Å². The monoisotopic (exact) mass is 261 g/mol. The van der Waals surface area contributed by atoms with E-state index in [0.29, 0.717) is 12.2 Å². The minimum Gasteiger partial charge on any atom is -0.399 e. The zero-order valence-corrected chi connectivity index (χ0v) is 10.9. The van der Waals surface area contributed by atoms with Crippen LogP contribution in [0.2, 0.25) is 0 Å². The lowest BCUT2D eigenvalue weighted by atomic mass is 10.1. The van der Waals surface area contributed by atoms with E-state index in [4.69, 9.17) is 10.8 Å². The molecule has 0 bridgehead atoms. The molecule has 5 nitrogen and oxygen atoms in total. The predicted octanol–water partition coefficient (Wildman–Crippen LogP) is 1.04. The van der Waals surface area contributed by atoms with Gasteiger partial charge < -0.3 is 25.8 Å². The molecule has 2 rings (SSSR count). The minimum absolute atomic E-state index is 0.261. The zero-order chi connectivity index (χ0) is 13.8. The van der Waals surface area contributed by atoms with Crippen LogP contribution in [0.3, 0.4) is 0 Å². The Hall–Kier alpha value is -1.98. The van der Waals surface area contributed by atoms with Crippen molar-refractivity contribution in [2.75, 3.05) is 24.2 Å². The molecule has 102 valence electrons. The van der Waals surface area contributed by atoms with Gasteiger partial charge in [0.2, 0.25) is 0 Å². The van der Waals surface area contributed by atoms with Crippen LogP contribution < -0.4 is 11.1 Å². The van der Waals surface area contributed by atoms with Gasteiger partial charge in [-0.05, 0) is 24.3 Å². The van der Waals surface area contributed by atoms with Gasteiger partial charge >= 0.3 is 0 Å². The fourth-order valence-electron chi connectivity index (χ4n) is 1.91. The van der Waals surface area contributed by atoms with Crippen LogP contribution in [-0.4, -0.2) is 34.0 Å². The Morgan fingerprint density at radius 2 is 2.16 bits per heavy atom. The molecule has 0 aliphatic carbocycles. The second kappa shape index (κ2) is 5.77. The molecule has 5 heteroatoms. The van der Waals surface area contributed by atoms with Crippen LogP contribution in [0.4, 0.5) is 11.4 Å². The minimum atomic E-state index is -0.777. The van der Waals surface area contributed by atoms with Crippen LogP contribution in [0.25, 0.3) is 11.1 Å². The van der Waals surface area contributed by atoms with Crippen molar-refractivity contribution in [3.8, 4) is 11.1 Å². The van der Waals surface area contributed by atoms with Gasteiger partial charge in [-0.1, -0.05) is 0 Å². The van der Waals surface area contributed by atoms with Crippen LogP contribution >= 0.6 is 0 Å². The highest BCUT2D eigenvalue weighted by Gasteiger charge is 2.08. The topological polar surface area (TPSA) is 83.4 Å². The van der Waals surface area contributed by atoms with E-state index < -0.39 is 6.10 Å². The van der Waals surface area contributed by atoms with Crippen molar-refractivity contribution in [2.24, 2.45) is 7.05 Å². The van der Waals surface area contributed by atoms with Crippen molar-refractivity contribution in [2.45, 2.75) is 6.10 Å². The Bertz CT molecular complexity index is 551. The van der Waals surface area contributed by atoms with Crippen LogP contribution in [0, 0.1) is 0 Å². The number of hydrogen-bond donors (Lipinski definition) is 4. The van der Waals surface area contributed by atoms with E-state index in [0.717, 1.165) is 16.8 Å². The molecule has 0 fully saturated rings. The SMILES string of the molecule is Cn1ccc(-c2cc(N)ccc2NCC(O)CO)c1. The van der Waals surface area contributed by atoms with Crippen molar-refractivity contribution in [1.29, 1.82) is 0 Å². The average molecular weight is 261 g/mol. The summed E-state index contributed by atoms with van der Waals surface area (Å²) in [5, 5.41) is 21.4. The summed E-state index contributed by atoms with van der Waals surface area (Å²) in [5.74, 6) is 0. The Morgan fingerprint density at radius 3 is 2.79 bits per heavy atom. The van der Waals surface area contributed by atoms with Crippen molar-refractivity contribution < 1.29 is 10.2 Å². The first-order valence-electron chi connectivity index (χ1n) is 6.15. The lowest BCUT2D eigenvalue weighted by Crippen LogP contribution is -2.23. The van der Waals surface area contributed by atoms with Gasteiger partial charge in [0.05, 0.1) is 12.7 Å². The van der Waals surface area contributed by atoms with Crippen LogP contribution in [0.1, 0.15) is 0 Å². The summed E-state index contributed by atoms with van der Waals surface area (Å²) in [6.45, 7) is 0.0306. The highest BCUT2D eigenvalue weighted by molar-refractivity contribution is 5.80. The number of benzene rings is 1. The van der Waals surface area contributed by atoms with Crippen LogP contribution in [0.15, 0.2) is 36.7 Å². The molecule has 0 aliphatic rings. The van der Waals surface area contributed by atoms with Crippen molar-refractivity contribution in [1.82, 2.24) is 4.57 Å². The normalized spacial score (nSPS) is 12.4. The summed E-state index contributed by atoms with van der Waals surface area (Å²) in [6.07, 6.45) is 3.19. The van der Waals surface area contributed by atoms with Gasteiger partial charge in [0.25, 0.3) is 0 Å². The van der Waals surface area contributed by atoms with Gasteiger partial charge in [-0.2, -0.15) is 0 Å². The molecule has 0 radical (unpaired) electrons. The van der Waals surface area contributed by atoms with Gasteiger partial charge in [0.15, 0.2) is 0 Å². The molecule has 0 aliphatic heterocycles. The third-order valence-electron chi connectivity index (χ3n) is 2.93. The number of rotatable bonds is 5. The maximum atomic E-state index is 9.40. The number of aliphatic hydroxyl groups excluding tert-OH is 2. The Labute approximate surface area is 112 Å². The number of hydrogen-bond acceptors (Lipinski definition) is 4. The molecule has 1 aromatic carbocycles. The maximum Gasteiger partial charge on any atom is 0.0942 e. The standard InChI is InChI=1S/C14H19N3O2/c1-17-5-4-10(8-17)13-6-11(15)2-3-14(13)16-7-12(19)9-18/h2-6,8,12,16,18-19H,7,9,15H2,1H3. The first kappa shape index (κ1) is 13.5. The van der Waals surface area contributed by atoms with Crippen molar-refractivity contribution in [3.05, 3.63) is 36.7 Å². The summed E-state index contributed by atoms with van der Waals surface area (Å²) in [6, 6.07) is 7.58. The molecule has 1 heterocycles. The molecule has 5 N–H and O–H groups in total. The number of nitrogens with one attached hydrogen (secondary N) is 1. The van der Waals surface area contributed by atoms with E-state index in [2.05, 4.69) is 5.32 Å². The van der Waals surface area contributed by atoms with Gasteiger partial charge in [0, 0.05) is 48.5 Å². The fourth-order valence-corrected chi connectivity index (χ4v) is 1.91. The molecule has 0 saturated carbocycles. The summed E-state index contributed by atoms with van der Waals surface area (Å²) in [7, 11) is 1.96. The van der Waals surface area contributed by atoms with Gasteiger partial charge in [-0.25, -0.2) is 0 Å². The highest BCUT2D eigenvalue weighted by atomic mass is 16.3. The third-order valence-corrected chi connectivity index (χ3v) is 2.93.